The minimum absolute atomic E-state index is 0.00365. The number of nitrogens with one attached hydrogen (secondary N) is 1. The highest BCUT2D eigenvalue weighted by molar-refractivity contribution is 8.15. The van der Waals surface area contributed by atoms with Crippen LogP contribution in [0.4, 0.5) is 20.2 Å². The summed E-state index contributed by atoms with van der Waals surface area (Å²) >= 11 is 1.16. The zero-order valence-corrected chi connectivity index (χ0v) is 18.4. The molecule has 3 aromatic carbocycles. The summed E-state index contributed by atoms with van der Waals surface area (Å²) in [4.78, 5) is 31.2. The highest BCUT2D eigenvalue weighted by Gasteiger charge is 2.40. The summed E-state index contributed by atoms with van der Waals surface area (Å²) in [6, 6.07) is 20.9. The lowest BCUT2D eigenvalue weighted by Crippen LogP contribution is -2.31. The molecule has 8 heteroatoms. The number of amides is 2. The van der Waals surface area contributed by atoms with E-state index in [1.54, 1.807) is 12.1 Å². The quantitative estimate of drug-likeness (QED) is 0.315. The number of carbonyl (C=O) groups is 2. The summed E-state index contributed by atoms with van der Waals surface area (Å²) in [5.41, 5.74) is 2.08. The number of nitrogens with zero attached hydrogens (tertiary/aromatic N) is 2. The maximum atomic E-state index is 13.3. The fourth-order valence-corrected chi connectivity index (χ4v) is 4.43. The second-order valence-electron chi connectivity index (χ2n) is 7.41. The van der Waals surface area contributed by atoms with Crippen LogP contribution < -0.4 is 10.2 Å². The van der Waals surface area contributed by atoms with Crippen LogP contribution in [0.15, 0.2) is 83.9 Å². The van der Waals surface area contributed by atoms with Crippen molar-refractivity contribution < 1.29 is 18.4 Å². The Morgan fingerprint density at radius 3 is 2.24 bits per heavy atom. The minimum Gasteiger partial charge on any atom is -0.335 e. The number of rotatable bonds is 6. The van der Waals surface area contributed by atoms with Gasteiger partial charge in [-0.15, -0.1) is 0 Å². The van der Waals surface area contributed by atoms with Crippen molar-refractivity contribution >= 4 is 40.1 Å². The molecule has 1 fully saturated rings. The number of imide groups is 1. The van der Waals surface area contributed by atoms with Gasteiger partial charge in [-0.2, -0.15) is 0 Å². The summed E-state index contributed by atoms with van der Waals surface area (Å²) in [6.07, 6.45) is 0.707. The Morgan fingerprint density at radius 2 is 1.58 bits per heavy atom. The maximum Gasteiger partial charge on any atom is 0.247 e. The third-order valence-corrected chi connectivity index (χ3v) is 6.15. The number of carbonyl (C=O) groups excluding carboxylic acids is 2. The molecule has 33 heavy (non-hydrogen) atoms. The lowest BCUT2D eigenvalue weighted by Gasteiger charge is -2.16. The van der Waals surface area contributed by atoms with Crippen molar-refractivity contribution in [2.75, 3.05) is 16.8 Å². The van der Waals surface area contributed by atoms with Gasteiger partial charge in [0.15, 0.2) is 5.17 Å². The monoisotopic (exact) mass is 465 g/mol. The molecule has 1 aliphatic heterocycles. The van der Waals surface area contributed by atoms with E-state index in [2.05, 4.69) is 10.3 Å². The summed E-state index contributed by atoms with van der Waals surface area (Å²) in [5.74, 6) is -1.54. The van der Waals surface area contributed by atoms with Gasteiger partial charge in [-0.05, 0) is 60.5 Å². The molecule has 4 rings (SSSR count). The van der Waals surface area contributed by atoms with E-state index in [1.807, 2.05) is 30.3 Å². The average molecular weight is 466 g/mol. The zero-order chi connectivity index (χ0) is 23.2. The first-order chi connectivity index (χ1) is 16.0. The lowest BCUT2D eigenvalue weighted by molar-refractivity contribution is -0.121. The number of thioether (sulfide) groups is 1. The van der Waals surface area contributed by atoms with E-state index in [9.17, 15) is 18.4 Å². The highest BCUT2D eigenvalue weighted by Crippen LogP contribution is 2.31. The van der Waals surface area contributed by atoms with Crippen LogP contribution in [0.5, 0.6) is 0 Å². The van der Waals surface area contributed by atoms with Crippen LogP contribution in [0.3, 0.4) is 0 Å². The normalized spacial score (nSPS) is 16.4. The molecule has 1 N–H and O–H groups in total. The molecule has 0 unspecified atom stereocenters. The van der Waals surface area contributed by atoms with Crippen molar-refractivity contribution in [2.45, 2.75) is 18.1 Å². The third kappa shape index (κ3) is 5.84. The van der Waals surface area contributed by atoms with Crippen LogP contribution >= 0.6 is 11.8 Å². The van der Waals surface area contributed by atoms with Gasteiger partial charge in [0.25, 0.3) is 0 Å². The van der Waals surface area contributed by atoms with Gasteiger partial charge in [0.05, 0.1) is 5.69 Å². The number of halogens is 2. The van der Waals surface area contributed by atoms with Crippen LogP contribution in [0.2, 0.25) is 0 Å². The van der Waals surface area contributed by atoms with Crippen molar-refractivity contribution in [3.8, 4) is 0 Å². The van der Waals surface area contributed by atoms with Gasteiger partial charge < -0.3 is 5.32 Å². The van der Waals surface area contributed by atoms with E-state index < -0.39 is 11.1 Å². The fraction of sp³-hybridized carbons (Fsp3) is 0.160. The Kier molecular flexibility index (Phi) is 7.14. The maximum absolute atomic E-state index is 13.3. The predicted octanol–water partition coefficient (Wildman–Crippen LogP) is 5.04. The molecule has 1 saturated heterocycles. The van der Waals surface area contributed by atoms with Crippen LogP contribution in [0.25, 0.3) is 0 Å². The number of aliphatic imine (C=N–C) groups is 1. The van der Waals surface area contributed by atoms with Gasteiger partial charge in [-0.3, -0.25) is 14.6 Å². The predicted molar refractivity (Wildman–Crippen MR) is 127 cm³/mol. The van der Waals surface area contributed by atoms with Gasteiger partial charge in [0.2, 0.25) is 11.8 Å². The number of amidine groups is 1. The van der Waals surface area contributed by atoms with E-state index in [0.717, 1.165) is 22.2 Å². The number of hydrogen-bond acceptors (Lipinski definition) is 4. The number of anilines is 2. The Labute approximate surface area is 194 Å². The first kappa shape index (κ1) is 22.7. The molecule has 0 spiro atoms. The molecule has 5 nitrogen and oxygen atoms in total. The van der Waals surface area contributed by atoms with Crippen molar-refractivity contribution in [3.63, 3.8) is 0 Å². The Balaban J connectivity index is 1.50. The second-order valence-corrected chi connectivity index (χ2v) is 8.60. The SMILES string of the molecule is O=C1C[C@@H](SC(=NCCc2ccccc2)Nc2ccc(F)cc2)C(=O)N1c1ccc(F)cc1. The molecular formula is C25H21F2N3O2S. The van der Waals surface area contributed by atoms with Gasteiger partial charge in [-0.1, -0.05) is 42.1 Å². The van der Waals surface area contributed by atoms with Gasteiger partial charge in [0, 0.05) is 18.7 Å². The van der Waals surface area contributed by atoms with Gasteiger partial charge in [0.1, 0.15) is 16.9 Å². The topological polar surface area (TPSA) is 61.8 Å². The molecule has 168 valence electrons. The van der Waals surface area contributed by atoms with Crippen LogP contribution in [0, 0.1) is 11.6 Å². The second kappa shape index (κ2) is 10.4. The highest BCUT2D eigenvalue weighted by atomic mass is 32.2. The standard InChI is InChI=1S/C25H21F2N3O2S/c26-18-6-10-20(11-7-18)29-25(28-15-14-17-4-2-1-3-5-17)33-22-16-23(31)30(24(22)32)21-12-8-19(27)9-13-21/h1-13,22H,14-16H2,(H,28,29)/t22-/m1/s1. The first-order valence-corrected chi connectivity index (χ1v) is 11.3. The van der Waals surface area contributed by atoms with Crippen molar-refractivity contribution in [1.82, 2.24) is 0 Å². The van der Waals surface area contributed by atoms with Crippen molar-refractivity contribution in [1.29, 1.82) is 0 Å². The van der Waals surface area contributed by atoms with Crippen LogP contribution in [0.1, 0.15) is 12.0 Å². The van der Waals surface area contributed by atoms with Crippen molar-refractivity contribution in [2.24, 2.45) is 4.99 Å². The van der Waals surface area contributed by atoms with E-state index in [1.165, 1.54) is 36.4 Å². The molecule has 0 aromatic heterocycles. The molecule has 2 amide bonds. The Hall–Kier alpha value is -3.52. The fourth-order valence-electron chi connectivity index (χ4n) is 3.39. The van der Waals surface area contributed by atoms with Gasteiger partial charge in [-0.25, -0.2) is 13.7 Å². The smallest absolute Gasteiger partial charge is 0.247 e. The molecule has 0 bridgehead atoms. The number of hydrogen-bond donors (Lipinski definition) is 1. The zero-order valence-electron chi connectivity index (χ0n) is 17.6. The molecule has 0 saturated carbocycles. The van der Waals surface area contributed by atoms with E-state index >= 15 is 0 Å². The molecule has 1 aliphatic rings. The summed E-state index contributed by atoms with van der Waals surface area (Å²) in [7, 11) is 0. The number of benzene rings is 3. The first-order valence-electron chi connectivity index (χ1n) is 10.4. The van der Waals surface area contributed by atoms with Gasteiger partial charge >= 0.3 is 0 Å². The molecule has 0 radical (unpaired) electrons. The molecule has 3 aromatic rings. The van der Waals surface area contributed by atoms with Crippen molar-refractivity contribution in [3.05, 3.63) is 96.1 Å². The largest absolute Gasteiger partial charge is 0.335 e. The lowest BCUT2D eigenvalue weighted by atomic mass is 10.2. The minimum atomic E-state index is -0.675. The molecule has 1 atom stereocenters. The van der Waals surface area contributed by atoms with Crippen LogP contribution in [-0.4, -0.2) is 28.8 Å². The third-order valence-electron chi connectivity index (χ3n) is 5.04. The molecule has 1 heterocycles. The van der Waals surface area contributed by atoms with Crippen LogP contribution in [-0.2, 0) is 16.0 Å². The van der Waals surface area contributed by atoms with E-state index in [0.29, 0.717) is 29.5 Å². The summed E-state index contributed by atoms with van der Waals surface area (Å²) in [6.45, 7) is 0.469. The summed E-state index contributed by atoms with van der Waals surface area (Å²) in [5, 5.41) is 2.92. The Morgan fingerprint density at radius 1 is 0.939 bits per heavy atom. The molecule has 0 aliphatic carbocycles. The molecular weight excluding hydrogens is 444 g/mol. The Bertz CT molecular complexity index is 1150. The summed E-state index contributed by atoms with van der Waals surface area (Å²) < 4.78 is 26.5. The average Bonchev–Trinajstić information content (AvgIpc) is 3.09. The van der Waals surface area contributed by atoms with E-state index in [4.69, 9.17) is 0 Å². The van der Waals surface area contributed by atoms with E-state index in [-0.39, 0.29) is 24.1 Å².